The third-order valence-electron chi connectivity index (χ3n) is 2.75. The van der Waals surface area contributed by atoms with E-state index in [9.17, 15) is 0 Å². The van der Waals surface area contributed by atoms with Gasteiger partial charge in [0, 0.05) is 11.6 Å². The summed E-state index contributed by atoms with van der Waals surface area (Å²) in [6.07, 6.45) is 2.07. The summed E-state index contributed by atoms with van der Waals surface area (Å²) in [5.41, 5.74) is 4.80. The van der Waals surface area contributed by atoms with Gasteiger partial charge in [-0.1, -0.05) is 24.3 Å². The smallest absolute Gasteiger partial charge is 0.0934 e. The number of pyridine rings is 1. The van der Waals surface area contributed by atoms with Crippen molar-refractivity contribution in [1.29, 1.82) is 0 Å². The van der Waals surface area contributed by atoms with Crippen molar-refractivity contribution in [1.82, 2.24) is 9.61 Å². The van der Waals surface area contributed by atoms with E-state index in [0.717, 1.165) is 5.52 Å². The van der Waals surface area contributed by atoms with Crippen LogP contribution in [0.15, 0.2) is 36.5 Å². The highest BCUT2D eigenvalue weighted by molar-refractivity contribution is 5.95. The summed E-state index contributed by atoms with van der Waals surface area (Å²) >= 11 is 0. The maximum absolute atomic E-state index is 4.55. The van der Waals surface area contributed by atoms with Crippen molar-refractivity contribution in [2.24, 2.45) is 0 Å². The Morgan fingerprint density at radius 3 is 2.80 bits per heavy atom. The molecule has 74 valence electrons. The molecule has 0 aliphatic rings. The number of aromatic nitrogens is 2. The highest BCUT2D eigenvalue weighted by Crippen LogP contribution is 2.22. The van der Waals surface area contributed by atoms with Gasteiger partial charge in [-0.25, -0.2) is 4.52 Å². The molecular weight excluding hydrogens is 184 g/mol. The van der Waals surface area contributed by atoms with E-state index in [-0.39, 0.29) is 0 Å². The Hall–Kier alpha value is -1.83. The van der Waals surface area contributed by atoms with Crippen molar-refractivity contribution in [2.45, 2.75) is 13.8 Å². The number of hydrogen-bond donors (Lipinski definition) is 0. The summed E-state index contributed by atoms with van der Waals surface area (Å²) in [5, 5.41) is 5.78. The van der Waals surface area contributed by atoms with Crippen molar-refractivity contribution < 1.29 is 0 Å². The van der Waals surface area contributed by atoms with Gasteiger partial charge in [-0.05, 0) is 31.0 Å². The lowest BCUT2D eigenvalue weighted by Crippen LogP contribution is -1.90. The molecule has 0 aliphatic heterocycles. The molecule has 0 aliphatic carbocycles. The van der Waals surface area contributed by atoms with Crippen LogP contribution in [0.5, 0.6) is 0 Å². The lowest BCUT2D eigenvalue weighted by atomic mass is 10.1. The molecule has 3 aromatic rings. The molecule has 2 heteroatoms. The van der Waals surface area contributed by atoms with Crippen molar-refractivity contribution >= 4 is 16.4 Å². The molecule has 0 bridgehead atoms. The lowest BCUT2D eigenvalue weighted by Gasteiger charge is -2.00. The minimum Gasteiger partial charge on any atom is -0.239 e. The van der Waals surface area contributed by atoms with E-state index in [1.54, 1.807) is 0 Å². The Bertz CT molecular complexity index is 650. The normalized spacial score (nSPS) is 11.3. The minimum absolute atomic E-state index is 1.06. The van der Waals surface area contributed by atoms with Crippen molar-refractivity contribution in [3.05, 3.63) is 47.7 Å². The summed E-state index contributed by atoms with van der Waals surface area (Å²) in [5.74, 6) is 0. The topological polar surface area (TPSA) is 17.3 Å². The molecule has 3 rings (SSSR count). The number of benzene rings is 1. The Morgan fingerprint density at radius 1 is 1.13 bits per heavy atom. The highest BCUT2D eigenvalue weighted by atomic mass is 15.2. The molecule has 2 aromatic heterocycles. The van der Waals surface area contributed by atoms with Crippen LogP contribution in [-0.4, -0.2) is 9.61 Å². The summed E-state index contributed by atoms with van der Waals surface area (Å²) in [4.78, 5) is 0. The number of rotatable bonds is 0. The SMILES string of the molecule is Cc1cc(C)c2c3ccccc3nn2c1. The number of fused-ring (bicyclic) bond motifs is 3. The zero-order valence-electron chi connectivity index (χ0n) is 8.86. The van der Waals surface area contributed by atoms with Gasteiger partial charge in [0.25, 0.3) is 0 Å². The average Bonchev–Trinajstić information content (AvgIpc) is 2.54. The van der Waals surface area contributed by atoms with Gasteiger partial charge >= 0.3 is 0 Å². The molecule has 0 amide bonds. The van der Waals surface area contributed by atoms with Crippen molar-refractivity contribution in [3.8, 4) is 0 Å². The maximum atomic E-state index is 4.55. The fourth-order valence-electron chi connectivity index (χ4n) is 2.18. The van der Waals surface area contributed by atoms with Crippen LogP contribution in [-0.2, 0) is 0 Å². The van der Waals surface area contributed by atoms with Crippen LogP contribution in [0.4, 0.5) is 0 Å². The molecule has 0 atom stereocenters. The van der Waals surface area contributed by atoms with Gasteiger partial charge < -0.3 is 0 Å². The summed E-state index contributed by atoms with van der Waals surface area (Å²) in [7, 11) is 0. The van der Waals surface area contributed by atoms with Crippen LogP contribution >= 0.6 is 0 Å². The van der Waals surface area contributed by atoms with E-state index in [4.69, 9.17) is 0 Å². The van der Waals surface area contributed by atoms with E-state index in [1.807, 2.05) is 10.6 Å². The maximum Gasteiger partial charge on any atom is 0.0934 e. The zero-order valence-corrected chi connectivity index (χ0v) is 8.86. The largest absolute Gasteiger partial charge is 0.239 e. The Balaban J connectivity index is 2.61. The summed E-state index contributed by atoms with van der Waals surface area (Å²) in [6, 6.07) is 10.5. The average molecular weight is 196 g/mol. The van der Waals surface area contributed by atoms with Gasteiger partial charge in [0.2, 0.25) is 0 Å². The lowest BCUT2D eigenvalue weighted by molar-refractivity contribution is 0.964. The predicted octanol–water partition coefficient (Wildman–Crippen LogP) is 3.10. The Labute approximate surface area is 88.1 Å². The molecule has 0 N–H and O–H groups in total. The van der Waals surface area contributed by atoms with E-state index in [1.165, 1.54) is 22.0 Å². The second-order valence-electron chi connectivity index (χ2n) is 4.01. The third-order valence-corrected chi connectivity index (χ3v) is 2.75. The second-order valence-corrected chi connectivity index (χ2v) is 4.01. The van der Waals surface area contributed by atoms with E-state index in [2.05, 4.69) is 49.4 Å². The molecule has 0 unspecified atom stereocenters. The number of nitrogens with zero attached hydrogens (tertiary/aromatic N) is 2. The van der Waals surface area contributed by atoms with Gasteiger partial charge in [-0.3, -0.25) is 0 Å². The van der Waals surface area contributed by atoms with Gasteiger partial charge in [-0.15, -0.1) is 0 Å². The van der Waals surface area contributed by atoms with Crippen molar-refractivity contribution in [2.75, 3.05) is 0 Å². The Kier molecular flexibility index (Phi) is 1.60. The van der Waals surface area contributed by atoms with Gasteiger partial charge in [0.1, 0.15) is 0 Å². The first-order valence-corrected chi connectivity index (χ1v) is 5.10. The monoisotopic (exact) mass is 196 g/mol. The second kappa shape index (κ2) is 2.83. The molecule has 0 saturated heterocycles. The summed E-state index contributed by atoms with van der Waals surface area (Å²) < 4.78 is 1.98. The first kappa shape index (κ1) is 8.48. The molecule has 0 spiro atoms. The molecule has 2 nitrogen and oxygen atoms in total. The minimum atomic E-state index is 1.06. The molecule has 1 aromatic carbocycles. The number of aryl methyl sites for hydroxylation is 2. The first-order chi connectivity index (χ1) is 7.25. The molecular formula is C13H12N2. The predicted molar refractivity (Wildman–Crippen MR) is 62.2 cm³/mol. The van der Waals surface area contributed by atoms with Crippen LogP contribution in [0.3, 0.4) is 0 Å². The molecule has 0 fully saturated rings. The van der Waals surface area contributed by atoms with E-state index in [0.29, 0.717) is 0 Å². The van der Waals surface area contributed by atoms with Crippen LogP contribution in [0.1, 0.15) is 11.1 Å². The van der Waals surface area contributed by atoms with E-state index < -0.39 is 0 Å². The number of hydrogen-bond acceptors (Lipinski definition) is 1. The standard InChI is InChI=1S/C13H12N2/c1-9-7-10(2)13-11-5-3-4-6-12(11)14-15(13)8-9/h3-8H,1-2H3. The fraction of sp³-hybridized carbons (Fsp3) is 0.154. The third kappa shape index (κ3) is 1.14. The molecule has 2 heterocycles. The Morgan fingerprint density at radius 2 is 1.93 bits per heavy atom. The quantitative estimate of drug-likeness (QED) is 0.540. The molecule has 15 heavy (non-hydrogen) atoms. The van der Waals surface area contributed by atoms with E-state index >= 15 is 0 Å². The highest BCUT2D eigenvalue weighted by Gasteiger charge is 2.06. The first-order valence-electron chi connectivity index (χ1n) is 5.10. The van der Waals surface area contributed by atoms with Gasteiger partial charge in [0.15, 0.2) is 0 Å². The van der Waals surface area contributed by atoms with Gasteiger partial charge in [0.05, 0.1) is 11.0 Å². The van der Waals surface area contributed by atoms with Crippen LogP contribution in [0.25, 0.3) is 16.4 Å². The molecule has 0 radical (unpaired) electrons. The van der Waals surface area contributed by atoms with Crippen LogP contribution < -0.4 is 0 Å². The zero-order chi connectivity index (χ0) is 10.4. The van der Waals surface area contributed by atoms with Crippen LogP contribution in [0.2, 0.25) is 0 Å². The summed E-state index contributed by atoms with van der Waals surface area (Å²) in [6.45, 7) is 4.23. The van der Waals surface area contributed by atoms with Gasteiger partial charge in [-0.2, -0.15) is 5.10 Å². The fourth-order valence-corrected chi connectivity index (χ4v) is 2.18. The van der Waals surface area contributed by atoms with Crippen LogP contribution in [0, 0.1) is 13.8 Å². The molecule has 0 saturated carbocycles. The van der Waals surface area contributed by atoms with Crippen molar-refractivity contribution in [3.63, 3.8) is 0 Å².